The molecule has 3 saturated heterocycles. The molecule has 3 aliphatic rings. The van der Waals surface area contributed by atoms with E-state index in [2.05, 4.69) is 15.8 Å². The van der Waals surface area contributed by atoms with Gasteiger partial charge in [-0.25, -0.2) is 0 Å². The van der Waals surface area contributed by atoms with E-state index in [1.165, 1.54) is 6.92 Å². The number of nitrogens with zero attached hydrogens (tertiary/aromatic N) is 2. The summed E-state index contributed by atoms with van der Waals surface area (Å²) in [6.45, 7) is 4.91. The summed E-state index contributed by atoms with van der Waals surface area (Å²) >= 11 is 0. The third-order valence-corrected chi connectivity index (χ3v) is 6.17. The molecule has 28 heavy (non-hydrogen) atoms. The Morgan fingerprint density at radius 3 is 2.89 bits per heavy atom. The van der Waals surface area contributed by atoms with Gasteiger partial charge in [-0.2, -0.15) is 0 Å². The first kappa shape index (κ1) is 18.9. The molecule has 9 heteroatoms. The predicted molar refractivity (Wildman–Crippen MR) is 97.0 cm³/mol. The van der Waals surface area contributed by atoms with Gasteiger partial charge in [-0.1, -0.05) is 5.16 Å². The molecule has 2 N–H and O–H groups in total. The van der Waals surface area contributed by atoms with Gasteiger partial charge in [0.25, 0.3) is 0 Å². The van der Waals surface area contributed by atoms with Crippen molar-refractivity contribution in [2.45, 2.75) is 44.8 Å². The van der Waals surface area contributed by atoms with Crippen LogP contribution in [-0.4, -0.2) is 65.7 Å². The molecular weight excluding hydrogens is 364 g/mol. The molecule has 0 aromatic carbocycles. The van der Waals surface area contributed by atoms with Crippen molar-refractivity contribution in [2.75, 3.05) is 26.2 Å². The molecule has 2 bridgehead atoms. The number of hydrogen-bond acceptors (Lipinski definition) is 6. The lowest BCUT2D eigenvalue weighted by Crippen LogP contribution is -2.44. The highest BCUT2D eigenvalue weighted by molar-refractivity contribution is 5.83. The molecule has 4 heterocycles. The zero-order valence-electron chi connectivity index (χ0n) is 16.2. The highest BCUT2D eigenvalue weighted by Crippen LogP contribution is 2.54. The lowest BCUT2D eigenvalue weighted by atomic mass is 9.73. The van der Waals surface area contributed by atoms with E-state index >= 15 is 0 Å². The van der Waals surface area contributed by atoms with Crippen LogP contribution in [0, 0.1) is 18.8 Å². The molecule has 3 aliphatic heterocycles. The number of likely N-dealkylation sites (tertiary alicyclic amines) is 1. The van der Waals surface area contributed by atoms with Gasteiger partial charge < -0.3 is 24.8 Å². The standard InChI is InChI=1S/C19H26N4O5/c1-11-5-13(28-22-11)6-18(26)23-9-15-14(7-21-17(25)8-20-12(2)24)16-3-4-19(15,10-23)27-16/h5,14-16H,3-4,6-10H2,1-2H3,(H,20,24)(H,21,25)/t14-,15+,16+,19+/m0/s1. The zero-order valence-corrected chi connectivity index (χ0v) is 16.2. The van der Waals surface area contributed by atoms with Crippen molar-refractivity contribution >= 4 is 17.7 Å². The Labute approximate surface area is 163 Å². The highest BCUT2D eigenvalue weighted by Gasteiger charge is 2.63. The number of ether oxygens (including phenoxy) is 1. The number of carbonyl (C=O) groups excluding carboxylic acids is 3. The first-order chi connectivity index (χ1) is 13.4. The normalized spacial score (nSPS) is 30.4. The van der Waals surface area contributed by atoms with Crippen molar-refractivity contribution in [2.24, 2.45) is 11.8 Å². The van der Waals surface area contributed by atoms with E-state index in [0.29, 0.717) is 25.4 Å². The Balaban J connectivity index is 1.35. The summed E-state index contributed by atoms with van der Waals surface area (Å²) in [5.41, 5.74) is 0.474. The molecule has 0 unspecified atom stereocenters. The fraction of sp³-hybridized carbons (Fsp3) is 0.684. The number of fused-ring (bicyclic) bond motifs is 1. The maximum Gasteiger partial charge on any atom is 0.239 e. The van der Waals surface area contributed by atoms with Gasteiger partial charge in [-0.15, -0.1) is 0 Å². The number of carbonyl (C=O) groups is 3. The van der Waals surface area contributed by atoms with Crippen LogP contribution in [-0.2, 0) is 25.5 Å². The molecule has 9 nitrogen and oxygen atoms in total. The van der Waals surface area contributed by atoms with Crippen LogP contribution in [0.15, 0.2) is 10.6 Å². The average Bonchev–Trinajstić information content (AvgIpc) is 3.38. The van der Waals surface area contributed by atoms with Gasteiger partial charge >= 0.3 is 0 Å². The highest BCUT2D eigenvalue weighted by atomic mass is 16.5. The van der Waals surface area contributed by atoms with E-state index in [0.717, 1.165) is 18.5 Å². The molecular formula is C19H26N4O5. The molecule has 152 valence electrons. The number of nitrogens with one attached hydrogen (secondary N) is 2. The van der Waals surface area contributed by atoms with Gasteiger partial charge in [0.15, 0.2) is 0 Å². The first-order valence-electron chi connectivity index (χ1n) is 9.75. The lowest BCUT2D eigenvalue weighted by molar-refractivity contribution is -0.131. The van der Waals surface area contributed by atoms with Crippen molar-refractivity contribution in [1.82, 2.24) is 20.7 Å². The molecule has 3 amide bonds. The fourth-order valence-corrected chi connectivity index (χ4v) is 4.91. The van der Waals surface area contributed by atoms with E-state index < -0.39 is 0 Å². The van der Waals surface area contributed by atoms with Gasteiger partial charge in [-0.05, 0) is 19.8 Å². The van der Waals surface area contributed by atoms with Crippen molar-refractivity contribution in [3.05, 3.63) is 17.5 Å². The Kier molecular flexibility index (Phi) is 4.86. The molecule has 0 radical (unpaired) electrons. The van der Waals surface area contributed by atoms with Crippen molar-refractivity contribution in [3.63, 3.8) is 0 Å². The Morgan fingerprint density at radius 1 is 1.36 bits per heavy atom. The van der Waals surface area contributed by atoms with Gasteiger partial charge in [0.05, 0.1) is 36.9 Å². The van der Waals surface area contributed by atoms with Gasteiger partial charge in [0, 0.05) is 37.9 Å². The predicted octanol–water partition coefficient (Wildman–Crippen LogP) is -0.216. The molecule has 1 aromatic heterocycles. The molecule has 0 saturated carbocycles. The smallest absolute Gasteiger partial charge is 0.239 e. The van der Waals surface area contributed by atoms with Gasteiger partial charge in [0.1, 0.15) is 5.76 Å². The monoisotopic (exact) mass is 390 g/mol. The zero-order chi connectivity index (χ0) is 19.9. The van der Waals surface area contributed by atoms with Crippen LogP contribution >= 0.6 is 0 Å². The summed E-state index contributed by atoms with van der Waals surface area (Å²) in [5, 5.41) is 9.23. The number of aryl methyl sites for hydroxylation is 1. The third kappa shape index (κ3) is 3.50. The summed E-state index contributed by atoms with van der Waals surface area (Å²) in [7, 11) is 0. The number of hydrogen-bond donors (Lipinski definition) is 2. The average molecular weight is 390 g/mol. The molecule has 1 spiro atoms. The molecule has 1 aromatic rings. The first-order valence-corrected chi connectivity index (χ1v) is 9.75. The molecule has 4 rings (SSSR count). The van der Waals surface area contributed by atoms with E-state index in [1.54, 1.807) is 6.07 Å². The minimum absolute atomic E-state index is 0.0143. The minimum atomic E-state index is -0.287. The van der Waals surface area contributed by atoms with E-state index in [-0.39, 0.29) is 54.2 Å². The maximum atomic E-state index is 12.7. The van der Waals surface area contributed by atoms with Gasteiger partial charge in [-0.3, -0.25) is 14.4 Å². The van der Waals surface area contributed by atoms with Crippen LogP contribution in [0.2, 0.25) is 0 Å². The van der Waals surface area contributed by atoms with E-state index in [4.69, 9.17) is 9.26 Å². The summed E-state index contributed by atoms with van der Waals surface area (Å²) < 4.78 is 11.5. The second-order valence-corrected chi connectivity index (χ2v) is 8.13. The Morgan fingerprint density at radius 2 is 2.18 bits per heavy atom. The summed E-state index contributed by atoms with van der Waals surface area (Å²) in [6, 6.07) is 1.78. The Hall–Kier alpha value is -2.42. The van der Waals surface area contributed by atoms with Gasteiger partial charge in [0.2, 0.25) is 17.7 Å². The van der Waals surface area contributed by atoms with Crippen LogP contribution in [0.25, 0.3) is 0 Å². The molecule has 0 aliphatic carbocycles. The maximum absolute atomic E-state index is 12.7. The van der Waals surface area contributed by atoms with E-state index in [9.17, 15) is 14.4 Å². The quantitative estimate of drug-likeness (QED) is 0.694. The van der Waals surface area contributed by atoms with Crippen LogP contribution in [0.3, 0.4) is 0 Å². The van der Waals surface area contributed by atoms with Crippen LogP contribution in [0.1, 0.15) is 31.2 Å². The summed E-state index contributed by atoms with van der Waals surface area (Å²) in [6.07, 6.45) is 2.22. The number of aromatic nitrogens is 1. The second kappa shape index (κ2) is 7.20. The second-order valence-electron chi connectivity index (χ2n) is 8.13. The summed E-state index contributed by atoms with van der Waals surface area (Å²) in [4.78, 5) is 37.4. The minimum Gasteiger partial charge on any atom is -0.369 e. The fourth-order valence-electron chi connectivity index (χ4n) is 4.91. The van der Waals surface area contributed by atoms with Crippen molar-refractivity contribution in [1.29, 1.82) is 0 Å². The Bertz CT molecular complexity index is 793. The topological polar surface area (TPSA) is 114 Å². The van der Waals surface area contributed by atoms with E-state index in [1.807, 2.05) is 11.8 Å². The largest absolute Gasteiger partial charge is 0.369 e. The van der Waals surface area contributed by atoms with Crippen molar-refractivity contribution in [3.8, 4) is 0 Å². The molecule has 4 atom stereocenters. The number of rotatable bonds is 6. The molecule has 3 fully saturated rings. The van der Waals surface area contributed by atoms with Crippen LogP contribution in [0.4, 0.5) is 0 Å². The van der Waals surface area contributed by atoms with Crippen LogP contribution in [0.5, 0.6) is 0 Å². The van der Waals surface area contributed by atoms with Crippen molar-refractivity contribution < 1.29 is 23.6 Å². The SMILES string of the molecule is CC(=O)NCC(=O)NC[C@H]1[C@H]2CN(C(=O)Cc3cc(C)no3)C[C@]23CC[C@H]1O3. The third-order valence-electron chi connectivity index (χ3n) is 6.17. The van der Waals surface area contributed by atoms with Crippen LogP contribution < -0.4 is 10.6 Å². The number of amides is 3. The summed E-state index contributed by atoms with van der Waals surface area (Å²) in [5.74, 6) is 0.542. The lowest BCUT2D eigenvalue weighted by Gasteiger charge is -2.29.